The van der Waals surface area contributed by atoms with E-state index in [9.17, 15) is 14.7 Å². The molecule has 2 atom stereocenters. The molecule has 2 aromatic heterocycles. The molecule has 0 unspecified atom stereocenters. The van der Waals surface area contributed by atoms with Crippen LogP contribution < -0.4 is 5.32 Å². The smallest absolute Gasteiger partial charge is 0.246 e. The summed E-state index contributed by atoms with van der Waals surface area (Å²) in [6, 6.07) is 9.54. The second-order valence-corrected chi connectivity index (χ2v) is 9.42. The highest BCUT2D eigenvalue weighted by Crippen LogP contribution is 2.27. The molecule has 2 N–H and O–H groups in total. The number of benzene rings is 1. The van der Waals surface area contributed by atoms with Crippen LogP contribution in [-0.2, 0) is 22.6 Å². The van der Waals surface area contributed by atoms with Gasteiger partial charge in [0, 0.05) is 49.9 Å². The van der Waals surface area contributed by atoms with E-state index >= 15 is 0 Å². The van der Waals surface area contributed by atoms with E-state index in [1.54, 1.807) is 30.3 Å². The quantitative estimate of drug-likeness (QED) is 0.552. The van der Waals surface area contributed by atoms with E-state index in [2.05, 4.69) is 10.3 Å². The Kier molecular flexibility index (Phi) is 6.40. The number of amides is 2. The van der Waals surface area contributed by atoms with Crippen LogP contribution in [0.5, 0.6) is 0 Å². The molecule has 5 rings (SSSR count). The SMILES string of the molecule is Cc1oc2ccccc2c1CN(C)C(=O)/C=C/c1cnc2c(c1)CC[C@H](N1CC[C@@H](O)C1)C(=O)N2. The van der Waals surface area contributed by atoms with E-state index in [1.165, 1.54) is 0 Å². The number of aryl methyl sites for hydroxylation is 2. The third-order valence-electron chi connectivity index (χ3n) is 6.94. The number of aromatic nitrogens is 1. The zero-order valence-electron chi connectivity index (χ0n) is 20.0. The summed E-state index contributed by atoms with van der Waals surface area (Å²) in [7, 11) is 1.77. The van der Waals surface area contributed by atoms with Gasteiger partial charge < -0.3 is 19.7 Å². The average Bonchev–Trinajstić information content (AvgIpc) is 3.36. The van der Waals surface area contributed by atoms with Crippen molar-refractivity contribution in [3.8, 4) is 0 Å². The van der Waals surface area contributed by atoms with E-state index in [0.29, 0.717) is 38.2 Å². The van der Waals surface area contributed by atoms with Crippen molar-refractivity contribution in [1.29, 1.82) is 0 Å². The Labute approximate surface area is 204 Å². The number of carbonyl (C=O) groups excluding carboxylic acids is 2. The van der Waals surface area contributed by atoms with Gasteiger partial charge in [-0.1, -0.05) is 18.2 Å². The molecular formula is C27H30N4O4. The number of likely N-dealkylation sites (tertiary alicyclic amines) is 1. The number of aliphatic hydroxyl groups is 1. The van der Waals surface area contributed by atoms with E-state index in [-0.39, 0.29) is 24.0 Å². The van der Waals surface area contributed by atoms with Crippen LogP contribution in [-0.4, -0.2) is 64.0 Å². The van der Waals surface area contributed by atoms with Crippen molar-refractivity contribution in [1.82, 2.24) is 14.8 Å². The van der Waals surface area contributed by atoms with Crippen LogP contribution in [0.3, 0.4) is 0 Å². The number of fused-ring (bicyclic) bond motifs is 2. The summed E-state index contributed by atoms with van der Waals surface area (Å²) < 4.78 is 5.82. The molecule has 0 aliphatic carbocycles. The van der Waals surface area contributed by atoms with Crippen molar-refractivity contribution in [2.75, 3.05) is 25.5 Å². The standard InChI is InChI=1S/C27H30N4O4/c1-17-22(21-5-3-4-6-24(21)35-17)16-30(2)25(33)10-7-18-13-19-8-9-23(31-12-11-20(32)15-31)27(34)29-26(19)28-14-18/h3-7,10,13-14,20,23,32H,8-9,11-12,15-16H2,1-2H3,(H,28,29,34)/b10-7+/t20-,23+/m1/s1. The third kappa shape index (κ3) is 4.85. The molecule has 2 aliphatic heterocycles. The lowest BCUT2D eigenvalue weighted by Gasteiger charge is -2.24. The Balaban J connectivity index is 1.25. The molecular weight excluding hydrogens is 444 g/mol. The summed E-state index contributed by atoms with van der Waals surface area (Å²) in [6.07, 6.45) is 6.66. The van der Waals surface area contributed by atoms with Gasteiger partial charge in [0.1, 0.15) is 17.2 Å². The lowest BCUT2D eigenvalue weighted by molar-refractivity contribution is -0.125. The van der Waals surface area contributed by atoms with Crippen molar-refractivity contribution in [2.45, 2.75) is 44.9 Å². The predicted molar refractivity (Wildman–Crippen MR) is 134 cm³/mol. The van der Waals surface area contributed by atoms with Gasteiger partial charge in [0.15, 0.2) is 0 Å². The fourth-order valence-corrected chi connectivity index (χ4v) is 4.97. The molecule has 35 heavy (non-hydrogen) atoms. The first-order chi connectivity index (χ1) is 16.9. The van der Waals surface area contributed by atoms with Gasteiger partial charge in [-0.25, -0.2) is 4.98 Å². The molecule has 8 nitrogen and oxygen atoms in total. The number of furan rings is 1. The molecule has 3 aromatic rings. The molecule has 0 spiro atoms. The third-order valence-corrected chi connectivity index (χ3v) is 6.94. The maximum atomic E-state index is 12.8. The monoisotopic (exact) mass is 474 g/mol. The summed E-state index contributed by atoms with van der Waals surface area (Å²) in [5.41, 5.74) is 3.58. The number of nitrogens with zero attached hydrogens (tertiary/aromatic N) is 3. The van der Waals surface area contributed by atoms with E-state index in [0.717, 1.165) is 40.0 Å². The highest BCUT2D eigenvalue weighted by Gasteiger charge is 2.33. The number of anilines is 1. The van der Waals surface area contributed by atoms with Gasteiger partial charge in [0.2, 0.25) is 11.8 Å². The van der Waals surface area contributed by atoms with Crippen LogP contribution in [0, 0.1) is 6.92 Å². The molecule has 2 aliphatic rings. The lowest BCUT2D eigenvalue weighted by Crippen LogP contribution is -2.42. The summed E-state index contributed by atoms with van der Waals surface area (Å²) in [6.45, 7) is 3.62. The summed E-state index contributed by atoms with van der Waals surface area (Å²) >= 11 is 0. The molecule has 1 fully saturated rings. The summed E-state index contributed by atoms with van der Waals surface area (Å²) in [5, 5.41) is 13.8. The number of aliphatic hydroxyl groups excluding tert-OH is 1. The van der Waals surface area contributed by atoms with Gasteiger partial charge in [0.05, 0.1) is 12.1 Å². The van der Waals surface area contributed by atoms with Gasteiger partial charge in [-0.2, -0.15) is 0 Å². The summed E-state index contributed by atoms with van der Waals surface area (Å²) in [5.74, 6) is 1.19. The predicted octanol–water partition coefficient (Wildman–Crippen LogP) is 3.13. The minimum atomic E-state index is -0.366. The minimum Gasteiger partial charge on any atom is -0.461 e. The molecule has 0 bridgehead atoms. The topological polar surface area (TPSA) is 98.9 Å². The van der Waals surface area contributed by atoms with Crippen molar-refractivity contribution in [3.63, 3.8) is 0 Å². The maximum Gasteiger partial charge on any atom is 0.246 e. The second-order valence-electron chi connectivity index (χ2n) is 9.42. The molecule has 0 radical (unpaired) electrons. The number of nitrogens with one attached hydrogen (secondary N) is 1. The zero-order chi connectivity index (χ0) is 24.5. The lowest BCUT2D eigenvalue weighted by atomic mass is 10.0. The molecule has 8 heteroatoms. The number of carbonyl (C=O) groups is 2. The molecule has 2 amide bonds. The van der Waals surface area contributed by atoms with E-state index < -0.39 is 0 Å². The van der Waals surface area contributed by atoms with Crippen molar-refractivity contribution in [3.05, 3.63) is 65.1 Å². The van der Waals surface area contributed by atoms with Crippen LogP contribution in [0.4, 0.5) is 5.82 Å². The van der Waals surface area contributed by atoms with Crippen LogP contribution in [0.1, 0.15) is 35.3 Å². The van der Waals surface area contributed by atoms with Gasteiger partial charge in [-0.15, -0.1) is 0 Å². The summed E-state index contributed by atoms with van der Waals surface area (Å²) in [4.78, 5) is 33.7. The highest BCUT2D eigenvalue weighted by atomic mass is 16.3. The number of likely N-dealkylation sites (N-methyl/N-ethyl adjacent to an activating group) is 1. The van der Waals surface area contributed by atoms with Crippen molar-refractivity contribution in [2.24, 2.45) is 0 Å². The molecule has 4 heterocycles. The number of β-amino-alcohol motifs (C(OH)–C–C–N with tert-alkyl or cyclic N) is 1. The Morgan fingerprint density at radius 3 is 2.97 bits per heavy atom. The van der Waals surface area contributed by atoms with E-state index in [4.69, 9.17) is 4.42 Å². The Morgan fingerprint density at radius 1 is 1.34 bits per heavy atom. The van der Waals surface area contributed by atoms with Crippen LogP contribution >= 0.6 is 0 Å². The minimum absolute atomic E-state index is 0.0764. The molecule has 1 aromatic carbocycles. The van der Waals surface area contributed by atoms with Crippen LogP contribution in [0.2, 0.25) is 0 Å². The first-order valence-corrected chi connectivity index (χ1v) is 12.0. The van der Waals surface area contributed by atoms with Gasteiger partial charge in [-0.05, 0) is 55.5 Å². The highest BCUT2D eigenvalue weighted by molar-refractivity contribution is 5.96. The molecule has 182 valence electrons. The van der Waals surface area contributed by atoms with E-state index in [1.807, 2.05) is 42.2 Å². The first kappa shape index (κ1) is 23.3. The van der Waals surface area contributed by atoms with Gasteiger partial charge in [-0.3, -0.25) is 14.5 Å². The number of pyridine rings is 1. The number of hydrogen-bond donors (Lipinski definition) is 2. The first-order valence-electron chi connectivity index (χ1n) is 12.0. The Morgan fingerprint density at radius 2 is 2.17 bits per heavy atom. The van der Waals surface area contributed by atoms with Crippen molar-refractivity contribution < 1.29 is 19.1 Å². The molecule has 0 saturated carbocycles. The Hall–Kier alpha value is -3.49. The molecule has 1 saturated heterocycles. The number of para-hydroxylation sites is 1. The van der Waals surface area contributed by atoms with Crippen molar-refractivity contribution >= 4 is 34.7 Å². The van der Waals surface area contributed by atoms with Crippen LogP contribution in [0.15, 0.2) is 47.0 Å². The van der Waals surface area contributed by atoms with Crippen LogP contribution in [0.25, 0.3) is 17.0 Å². The zero-order valence-corrected chi connectivity index (χ0v) is 20.0. The van der Waals surface area contributed by atoms with Gasteiger partial charge >= 0.3 is 0 Å². The fourth-order valence-electron chi connectivity index (χ4n) is 4.97. The normalized spacial score (nSPS) is 20.7. The number of rotatable bonds is 5. The van der Waals surface area contributed by atoms with Gasteiger partial charge in [0.25, 0.3) is 0 Å². The second kappa shape index (κ2) is 9.64. The largest absolute Gasteiger partial charge is 0.461 e. The maximum absolute atomic E-state index is 12.8. The number of hydrogen-bond acceptors (Lipinski definition) is 6. The Bertz CT molecular complexity index is 1300. The average molecular weight is 475 g/mol. The fraction of sp³-hybridized carbons (Fsp3) is 0.370.